The van der Waals surface area contributed by atoms with Crippen molar-refractivity contribution in [1.82, 2.24) is 20.1 Å². The predicted octanol–water partition coefficient (Wildman–Crippen LogP) is 2.22. The lowest BCUT2D eigenvalue weighted by Gasteiger charge is -2.33. The molecule has 1 saturated heterocycles. The molecule has 0 radical (unpaired) electrons. The zero-order chi connectivity index (χ0) is 19.4. The van der Waals surface area contributed by atoms with Crippen molar-refractivity contribution in [1.29, 1.82) is 0 Å². The van der Waals surface area contributed by atoms with Crippen LogP contribution < -0.4 is 15.5 Å². The topological polar surface area (TPSA) is 92.2 Å². The minimum atomic E-state index is -0.102. The summed E-state index contributed by atoms with van der Waals surface area (Å²) in [7, 11) is 0. The van der Waals surface area contributed by atoms with Crippen LogP contribution in [0.15, 0.2) is 30.6 Å². The minimum Gasteiger partial charge on any atom is -0.356 e. The molecule has 2 aromatic rings. The van der Waals surface area contributed by atoms with Crippen molar-refractivity contribution >= 4 is 23.5 Å². The lowest BCUT2D eigenvalue weighted by Crippen LogP contribution is -2.36. The number of hydrogen-bond donors (Lipinski definition) is 2. The summed E-state index contributed by atoms with van der Waals surface area (Å²) in [6.45, 7) is 7.00. The zero-order valence-electron chi connectivity index (χ0n) is 16.0. The van der Waals surface area contributed by atoms with Crippen molar-refractivity contribution in [3.05, 3.63) is 36.2 Å². The Morgan fingerprint density at radius 2 is 1.93 bits per heavy atom. The summed E-state index contributed by atoms with van der Waals surface area (Å²) in [5, 5.41) is 10.1. The molecule has 0 aromatic carbocycles. The summed E-state index contributed by atoms with van der Waals surface area (Å²) in [5.74, 6) is 1.36. The van der Waals surface area contributed by atoms with E-state index >= 15 is 0 Å². The number of nitrogens with one attached hydrogen (secondary N) is 2. The molecule has 1 aliphatic heterocycles. The standard InChI is InChI=1S/C19H26N6O2/c1-13(2)22-19(27)15-4-8-20-18(12-15)24-10-6-16(7-11-24)25-17(5-9-21-25)23-14(3)26/h4-5,8-9,12-13,16H,6-7,10-11H2,1-3H3,(H,22,27)(H,23,26). The second-order valence-corrected chi connectivity index (χ2v) is 7.09. The van der Waals surface area contributed by atoms with Crippen LogP contribution in [0.3, 0.4) is 0 Å². The third-order valence-corrected chi connectivity index (χ3v) is 4.54. The van der Waals surface area contributed by atoms with E-state index in [0.717, 1.165) is 37.6 Å². The van der Waals surface area contributed by atoms with Gasteiger partial charge in [0.15, 0.2) is 0 Å². The Balaban J connectivity index is 1.65. The molecule has 3 rings (SSSR count). The molecule has 144 valence electrons. The Morgan fingerprint density at radius 1 is 1.19 bits per heavy atom. The van der Waals surface area contributed by atoms with Crippen molar-refractivity contribution in [3.63, 3.8) is 0 Å². The Morgan fingerprint density at radius 3 is 2.59 bits per heavy atom. The summed E-state index contributed by atoms with van der Waals surface area (Å²) in [6, 6.07) is 5.71. The Bertz CT molecular complexity index is 808. The maximum atomic E-state index is 12.2. The normalized spacial score (nSPS) is 15.0. The summed E-state index contributed by atoms with van der Waals surface area (Å²) < 4.78 is 1.89. The van der Waals surface area contributed by atoms with Crippen molar-refractivity contribution in [2.75, 3.05) is 23.3 Å². The van der Waals surface area contributed by atoms with Gasteiger partial charge in [0.05, 0.1) is 12.2 Å². The van der Waals surface area contributed by atoms with E-state index in [1.54, 1.807) is 18.5 Å². The molecule has 2 amide bonds. The number of rotatable bonds is 5. The molecule has 0 aliphatic carbocycles. The van der Waals surface area contributed by atoms with Crippen LogP contribution in [0.1, 0.15) is 50.0 Å². The number of pyridine rings is 1. The molecule has 2 N–H and O–H groups in total. The Labute approximate surface area is 159 Å². The van der Waals surface area contributed by atoms with E-state index in [0.29, 0.717) is 5.56 Å². The van der Waals surface area contributed by atoms with Gasteiger partial charge < -0.3 is 15.5 Å². The van der Waals surface area contributed by atoms with Gasteiger partial charge in [0.1, 0.15) is 11.6 Å². The maximum Gasteiger partial charge on any atom is 0.251 e. The first-order valence-corrected chi connectivity index (χ1v) is 9.27. The molecular weight excluding hydrogens is 344 g/mol. The van der Waals surface area contributed by atoms with Crippen molar-refractivity contribution in [3.8, 4) is 0 Å². The number of carbonyl (C=O) groups is 2. The lowest BCUT2D eigenvalue weighted by molar-refractivity contribution is -0.114. The van der Waals surface area contributed by atoms with Crippen LogP contribution in [-0.2, 0) is 4.79 Å². The van der Waals surface area contributed by atoms with Gasteiger partial charge in [-0.2, -0.15) is 5.10 Å². The maximum absolute atomic E-state index is 12.2. The first kappa shape index (κ1) is 18.9. The van der Waals surface area contributed by atoms with Crippen LogP contribution in [0.25, 0.3) is 0 Å². The fraction of sp³-hybridized carbons (Fsp3) is 0.474. The molecule has 8 heteroatoms. The average Bonchev–Trinajstić information content (AvgIpc) is 3.09. The third-order valence-electron chi connectivity index (χ3n) is 4.54. The Hall–Kier alpha value is -2.90. The second kappa shape index (κ2) is 8.20. The van der Waals surface area contributed by atoms with Crippen LogP contribution >= 0.6 is 0 Å². The molecule has 0 atom stereocenters. The van der Waals surface area contributed by atoms with E-state index in [-0.39, 0.29) is 23.9 Å². The van der Waals surface area contributed by atoms with Gasteiger partial charge in [-0.05, 0) is 38.8 Å². The fourth-order valence-electron chi connectivity index (χ4n) is 3.30. The molecular formula is C19H26N6O2. The van der Waals surface area contributed by atoms with Gasteiger partial charge in [-0.25, -0.2) is 9.67 Å². The SMILES string of the molecule is CC(=O)Nc1ccnn1C1CCN(c2cc(C(=O)NC(C)C)ccn2)CC1. The first-order valence-electron chi connectivity index (χ1n) is 9.27. The summed E-state index contributed by atoms with van der Waals surface area (Å²) in [4.78, 5) is 30.2. The van der Waals surface area contributed by atoms with E-state index < -0.39 is 0 Å². The number of piperidine rings is 1. The monoisotopic (exact) mass is 370 g/mol. The van der Waals surface area contributed by atoms with E-state index in [1.165, 1.54) is 6.92 Å². The number of amides is 2. The molecule has 3 heterocycles. The van der Waals surface area contributed by atoms with Crippen LogP contribution in [0.2, 0.25) is 0 Å². The molecule has 2 aromatic heterocycles. The molecule has 0 unspecified atom stereocenters. The van der Waals surface area contributed by atoms with Gasteiger partial charge in [0.2, 0.25) is 5.91 Å². The highest BCUT2D eigenvalue weighted by atomic mass is 16.2. The number of anilines is 2. The summed E-state index contributed by atoms with van der Waals surface area (Å²) in [6.07, 6.45) is 5.16. The van der Waals surface area contributed by atoms with E-state index in [9.17, 15) is 9.59 Å². The smallest absolute Gasteiger partial charge is 0.251 e. The van der Waals surface area contributed by atoms with E-state index in [4.69, 9.17) is 0 Å². The number of carbonyl (C=O) groups excluding carboxylic acids is 2. The van der Waals surface area contributed by atoms with E-state index in [1.807, 2.05) is 30.7 Å². The molecule has 1 aliphatic rings. The number of hydrogen-bond acceptors (Lipinski definition) is 5. The Kier molecular flexibility index (Phi) is 5.73. The number of aromatic nitrogens is 3. The quantitative estimate of drug-likeness (QED) is 0.842. The highest BCUT2D eigenvalue weighted by Gasteiger charge is 2.24. The average molecular weight is 370 g/mol. The minimum absolute atomic E-state index is 0.0833. The zero-order valence-corrected chi connectivity index (χ0v) is 16.0. The van der Waals surface area contributed by atoms with Gasteiger partial charge in [0.25, 0.3) is 5.91 Å². The van der Waals surface area contributed by atoms with Gasteiger partial charge >= 0.3 is 0 Å². The van der Waals surface area contributed by atoms with Gasteiger partial charge in [-0.1, -0.05) is 0 Å². The highest BCUT2D eigenvalue weighted by molar-refractivity contribution is 5.95. The van der Waals surface area contributed by atoms with Crippen LogP contribution in [0.4, 0.5) is 11.6 Å². The molecule has 1 fully saturated rings. The van der Waals surface area contributed by atoms with Crippen molar-refractivity contribution in [2.24, 2.45) is 0 Å². The van der Waals surface area contributed by atoms with E-state index in [2.05, 4.69) is 25.6 Å². The van der Waals surface area contributed by atoms with Crippen molar-refractivity contribution < 1.29 is 9.59 Å². The van der Waals surface area contributed by atoms with Gasteiger partial charge in [0, 0.05) is 43.9 Å². The first-order chi connectivity index (χ1) is 12.9. The van der Waals surface area contributed by atoms with Crippen LogP contribution in [0, 0.1) is 0 Å². The second-order valence-electron chi connectivity index (χ2n) is 7.09. The number of nitrogens with zero attached hydrogens (tertiary/aromatic N) is 4. The fourth-order valence-corrected chi connectivity index (χ4v) is 3.30. The molecule has 0 bridgehead atoms. The molecule has 27 heavy (non-hydrogen) atoms. The molecule has 0 spiro atoms. The highest BCUT2D eigenvalue weighted by Crippen LogP contribution is 2.27. The largest absolute Gasteiger partial charge is 0.356 e. The predicted molar refractivity (Wildman–Crippen MR) is 104 cm³/mol. The van der Waals surface area contributed by atoms with Gasteiger partial charge in [-0.3, -0.25) is 9.59 Å². The van der Waals surface area contributed by atoms with Crippen LogP contribution in [0.5, 0.6) is 0 Å². The third kappa shape index (κ3) is 4.64. The summed E-state index contributed by atoms with van der Waals surface area (Å²) >= 11 is 0. The van der Waals surface area contributed by atoms with Crippen molar-refractivity contribution in [2.45, 2.75) is 45.7 Å². The van der Waals surface area contributed by atoms with Gasteiger partial charge in [-0.15, -0.1) is 0 Å². The lowest BCUT2D eigenvalue weighted by atomic mass is 10.0. The van der Waals surface area contributed by atoms with Crippen LogP contribution in [-0.4, -0.2) is 45.7 Å². The molecule has 0 saturated carbocycles. The molecule has 8 nitrogen and oxygen atoms in total. The summed E-state index contributed by atoms with van der Waals surface area (Å²) in [5.41, 5.74) is 0.621.